The first-order valence-corrected chi connectivity index (χ1v) is 8.59. The number of hydrogen-bond donors (Lipinski definition) is 1. The lowest BCUT2D eigenvalue weighted by Gasteiger charge is -2.01. The molecule has 0 aliphatic carbocycles. The number of carbonyl (C=O) groups excluding carboxylic acids is 1. The van der Waals surface area contributed by atoms with Crippen molar-refractivity contribution in [2.45, 2.75) is 13.3 Å². The van der Waals surface area contributed by atoms with E-state index in [9.17, 15) is 4.79 Å². The highest BCUT2D eigenvalue weighted by molar-refractivity contribution is 7.16. The first kappa shape index (κ1) is 14.9. The summed E-state index contributed by atoms with van der Waals surface area (Å²) in [5, 5.41) is 10.1. The monoisotopic (exact) mass is 332 g/mol. The van der Waals surface area contributed by atoms with Gasteiger partial charge in [0.1, 0.15) is 0 Å². The summed E-state index contributed by atoms with van der Waals surface area (Å²) in [5.74, 6) is -0.0833. The van der Waals surface area contributed by atoms with E-state index in [4.69, 9.17) is 0 Å². The molecule has 0 fully saturated rings. The Bertz CT molecular complexity index is 787. The Kier molecular flexibility index (Phi) is 4.35. The van der Waals surface area contributed by atoms with Crippen LogP contribution in [0.2, 0.25) is 0 Å². The third-order valence-corrected chi connectivity index (χ3v) is 5.10. The van der Waals surface area contributed by atoms with E-state index in [1.165, 1.54) is 9.75 Å². The molecule has 0 aromatic carbocycles. The van der Waals surface area contributed by atoms with Crippen molar-refractivity contribution in [2.24, 2.45) is 7.05 Å². The second kappa shape index (κ2) is 6.41. The molecule has 3 aromatic rings. The third-order valence-electron chi connectivity index (χ3n) is 3.16. The van der Waals surface area contributed by atoms with Crippen LogP contribution in [-0.2, 0) is 13.5 Å². The molecule has 7 heteroatoms. The normalized spacial score (nSPS) is 10.8. The van der Waals surface area contributed by atoms with Crippen LogP contribution >= 0.6 is 22.7 Å². The van der Waals surface area contributed by atoms with Crippen LogP contribution < -0.4 is 5.32 Å². The van der Waals surface area contributed by atoms with Crippen molar-refractivity contribution in [2.75, 3.05) is 6.54 Å². The fourth-order valence-corrected chi connectivity index (χ4v) is 3.72. The molecule has 0 aliphatic heterocycles. The first-order chi connectivity index (χ1) is 10.6. The molecule has 0 aliphatic rings. The highest BCUT2D eigenvalue weighted by Crippen LogP contribution is 2.29. The van der Waals surface area contributed by atoms with E-state index < -0.39 is 0 Å². The first-order valence-electron chi connectivity index (χ1n) is 6.90. The molecule has 0 saturated carbocycles. The Hall–Kier alpha value is -1.99. The molecular formula is C15H16N4OS2. The second-order valence-corrected chi connectivity index (χ2v) is 7.16. The number of rotatable bonds is 5. The van der Waals surface area contributed by atoms with Gasteiger partial charge in [-0.1, -0.05) is 0 Å². The van der Waals surface area contributed by atoms with Gasteiger partial charge in [0.2, 0.25) is 0 Å². The fraction of sp³-hybridized carbons (Fsp3) is 0.267. The highest BCUT2D eigenvalue weighted by atomic mass is 32.1. The molecule has 1 amide bonds. The molecule has 3 aromatic heterocycles. The van der Waals surface area contributed by atoms with E-state index in [-0.39, 0.29) is 5.91 Å². The van der Waals surface area contributed by atoms with Crippen molar-refractivity contribution in [3.8, 4) is 10.6 Å². The minimum atomic E-state index is -0.0833. The van der Waals surface area contributed by atoms with Gasteiger partial charge in [-0.15, -0.1) is 22.7 Å². The summed E-state index contributed by atoms with van der Waals surface area (Å²) in [4.78, 5) is 18.8. The van der Waals surface area contributed by atoms with Crippen LogP contribution in [0.1, 0.15) is 20.2 Å². The molecular weight excluding hydrogens is 316 g/mol. The van der Waals surface area contributed by atoms with Gasteiger partial charge in [-0.05, 0) is 25.5 Å². The number of nitrogens with one attached hydrogen (secondary N) is 1. The Morgan fingerprint density at radius 2 is 2.27 bits per heavy atom. The van der Waals surface area contributed by atoms with Crippen LogP contribution in [0, 0.1) is 6.92 Å². The average Bonchev–Trinajstić information content (AvgIpc) is 3.19. The minimum absolute atomic E-state index is 0.0833. The number of aromatic nitrogens is 3. The largest absolute Gasteiger partial charge is 0.352 e. The highest BCUT2D eigenvalue weighted by Gasteiger charge is 2.09. The summed E-state index contributed by atoms with van der Waals surface area (Å²) >= 11 is 3.39. The van der Waals surface area contributed by atoms with Crippen molar-refractivity contribution >= 4 is 28.6 Å². The van der Waals surface area contributed by atoms with E-state index in [1.807, 2.05) is 6.92 Å². The Morgan fingerprint density at radius 3 is 2.95 bits per heavy atom. The summed E-state index contributed by atoms with van der Waals surface area (Å²) in [6.07, 6.45) is 4.10. The Morgan fingerprint density at radius 1 is 1.41 bits per heavy atom. The van der Waals surface area contributed by atoms with Gasteiger partial charge >= 0.3 is 0 Å². The summed E-state index contributed by atoms with van der Waals surface area (Å²) in [5.41, 5.74) is 1.63. The van der Waals surface area contributed by atoms with Gasteiger partial charge in [-0.25, -0.2) is 4.98 Å². The van der Waals surface area contributed by atoms with Gasteiger partial charge < -0.3 is 5.32 Å². The molecule has 0 atom stereocenters. The molecule has 3 rings (SSSR count). The zero-order valence-electron chi connectivity index (χ0n) is 12.4. The maximum Gasteiger partial charge on any atom is 0.254 e. The Balaban J connectivity index is 1.54. The molecule has 114 valence electrons. The molecule has 0 bridgehead atoms. The predicted octanol–water partition coefficient (Wildman–Crippen LogP) is 2.89. The second-order valence-electron chi connectivity index (χ2n) is 4.93. The lowest BCUT2D eigenvalue weighted by atomic mass is 10.3. The van der Waals surface area contributed by atoms with Crippen LogP contribution in [0.25, 0.3) is 10.6 Å². The van der Waals surface area contributed by atoms with Crippen LogP contribution in [0.5, 0.6) is 0 Å². The van der Waals surface area contributed by atoms with Gasteiger partial charge in [0.05, 0.1) is 27.3 Å². The maximum atomic E-state index is 11.9. The van der Waals surface area contributed by atoms with Crippen LogP contribution in [0.15, 0.2) is 29.9 Å². The molecule has 0 spiro atoms. The molecule has 22 heavy (non-hydrogen) atoms. The lowest BCUT2D eigenvalue weighted by Crippen LogP contribution is -2.25. The molecule has 0 saturated heterocycles. The fourth-order valence-electron chi connectivity index (χ4n) is 2.07. The van der Waals surface area contributed by atoms with E-state index in [1.54, 1.807) is 46.8 Å². The van der Waals surface area contributed by atoms with Crippen molar-refractivity contribution in [1.82, 2.24) is 20.1 Å². The van der Waals surface area contributed by atoms with Crippen LogP contribution in [0.4, 0.5) is 0 Å². The number of thiazole rings is 1. The SMILES string of the molecule is Cc1nc(-c2ccc(CCNC(=O)c3cnn(C)c3)s2)cs1. The maximum absolute atomic E-state index is 11.9. The summed E-state index contributed by atoms with van der Waals surface area (Å²) in [6, 6.07) is 4.20. The topological polar surface area (TPSA) is 59.8 Å². The number of amides is 1. The number of nitrogens with zero attached hydrogens (tertiary/aromatic N) is 3. The van der Waals surface area contributed by atoms with Crippen molar-refractivity contribution < 1.29 is 4.79 Å². The summed E-state index contributed by atoms with van der Waals surface area (Å²) < 4.78 is 1.62. The van der Waals surface area contributed by atoms with E-state index in [0.29, 0.717) is 12.1 Å². The van der Waals surface area contributed by atoms with Gasteiger partial charge in [0, 0.05) is 30.0 Å². The van der Waals surface area contributed by atoms with Gasteiger partial charge in [0.25, 0.3) is 5.91 Å². The van der Waals surface area contributed by atoms with Crippen molar-refractivity contribution in [3.05, 3.63) is 45.4 Å². The minimum Gasteiger partial charge on any atom is -0.352 e. The van der Waals surface area contributed by atoms with Gasteiger partial charge in [-0.2, -0.15) is 5.10 Å². The number of carbonyl (C=O) groups is 1. The van der Waals surface area contributed by atoms with Crippen molar-refractivity contribution in [1.29, 1.82) is 0 Å². The zero-order valence-corrected chi connectivity index (χ0v) is 14.0. The Labute approximate surface area is 136 Å². The van der Waals surface area contributed by atoms with Crippen molar-refractivity contribution in [3.63, 3.8) is 0 Å². The van der Waals surface area contributed by atoms with E-state index in [2.05, 4.69) is 32.9 Å². The van der Waals surface area contributed by atoms with Crippen LogP contribution in [-0.4, -0.2) is 27.2 Å². The zero-order chi connectivity index (χ0) is 15.5. The third kappa shape index (κ3) is 3.42. The lowest BCUT2D eigenvalue weighted by molar-refractivity contribution is 0.0954. The average molecular weight is 332 g/mol. The van der Waals surface area contributed by atoms with Gasteiger partial charge in [-0.3, -0.25) is 9.48 Å². The van der Waals surface area contributed by atoms with E-state index >= 15 is 0 Å². The standard InChI is InChI=1S/C15H16N4OS2/c1-10-18-13(9-21-10)14-4-3-12(22-14)5-6-16-15(20)11-7-17-19(2)8-11/h3-4,7-9H,5-6H2,1-2H3,(H,16,20). The quantitative estimate of drug-likeness (QED) is 0.781. The number of thiophene rings is 1. The molecule has 0 radical (unpaired) electrons. The van der Waals surface area contributed by atoms with Gasteiger partial charge in [0.15, 0.2) is 0 Å². The number of aryl methyl sites for hydroxylation is 2. The molecule has 1 N–H and O–H groups in total. The smallest absolute Gasteiger partial charge is 0.254 e. The summed E-state index contributed by atoms with van der Waals surface area (Å²) in [6.45, 7) is 2.63. The van der Waals surface area contributed by atoms with E-state index in [0.717, 1.165) is 17.1 Å². The molecule has 3 heterocycles. The number of hydrogen-bond acceptors (Lipinski definition) is 5. The predicted molar refractivity (Wildman–Crippen MR) is 89.4 cm³/mol. The van der Waals surface area contributed by atoms with Crippen LogP contribution in [0.3, 0.4) is 0 Å². The molecule has 5 nitrogen and oxygen atoms in total. The molecule has 0 unspecified atom stereocenters. The summed E-state index contributed by atoms with van der Waals surface area (Å²) in [7, 11) is 1.80.